The van der Waals surface area contributed by atoms with Crippen LogP contribution in [0.15, 0.2) is 42.7 Å². The van der Waals surface area contributed by atoms with Crippen molar-refractivity contribution in [3.8, 4) is 5.75 Å². The molecule has 1 amide bonds. The lowest BCUT2D eigenvalue weighted by Crippen LogP contribution is -2.24. The highest BCUT2D eigenvalue weighted by atomic mass is 16.3. The van der Waals surface area contributed by atoms with Crippen molar-refractivity contribution >= 4 is 12.0 Å². The van der Waals surface area contributed by atoms with Gasteiger partial charge in [0, 0.05) is 17.8 Å². The molecule has 5 heteroatoms. The number of benzene rings is 1. The van der Waals surface area contributed by atoms with Crippen LogP contribution in [0.5, 0.6) is 5.75 Å². The molecule has 0 fully saturated rings. The van der Waals surface area contributed by atoms with Gasteiger partial charge < -0.3 is 10.4 Å². The van der Waals surface area contributed by atoms with Crippen LogP contribution >= 0.6 is 0 Å². The molecular weight excluding hydrogens is 242 g/mol. The van der Waals surface area contributed by atoms with E-state index in [1.54, 1.807) is 42.7 Å². The third-order valence-electron chi connectivity index (χ3n) is 2.70. The Kier molecular flexibility index (Phi) is 3.97. The first-order valence-corrected chi connectivity index (χ1v) is 5.91. The molecule has 1 aromatic heterocycles. The summed E-state index contributed by atoms with van der Waals surface area (Å²) in [5, 5.41) is 18.5. The molecule has 2 aromatic rings. The third kappa shape index (κ3) is 3.70. The van der Waals surface area contributed by atoms with Crippen LogP contribution in [0.25, 0.3) is 6.08 Å². The summed E-state index contributed by atoms with van der Waals surface area (Å²) in [6.07, 6.45) is 6.57. The Bertz CT molecular complexity index is 559. The van der Waals surface area contributed by atoms with Gasteiger partial charge in [0.05, 0.1) is 12.2 Å². The van der Waals surface area contributed by atoms with E-state index in [9.17, 15) is 4.79 Å². The molecule has 0 saturated heterocycles. The molecule has 2 rings (SSSR count). The Balaban J connectivity index is 1.92. The molecule has 1 aromatic carbocycles. The number of aromatic nitrogens is 2. The number of carbonyl (C=O) groups is 1. The topological polar surface area (TPSA) is 78.0 Å². The predicted octanol–water partition coefficient (Wildman–Crippen LogP) is 2.01. The van der Waals surface area contributed by atoms with Crippen molar-refractivity contribution in [2.45, 2.75) is 13.0 Å². The van der Waals surface area contributed by atoms with E-state index in [1.807, 2.05) is 6.92 Å². The molecule has 1 atom stereocenters. The summed E-state index contributed by atoms with van der Waals surface area (Å²) in [6, 6.07) is 6.52. The molecular formula is C14H15N3O2. The van der Waals surface area contributed by atoms with E-state index in [-0.39, 0.29) is 17.7 Å². The number of aromatic amines is 1. The van der Waals surface area contributed by atoms with E-state index in [4.69, 9.17) is 5.11 Å². The molecule has 0 aliphatic rings. The number of nitrogens with one attached hydrogen (secondary N) is 2. The van der Waals surface area contributed by atoms with Crippen LogP contribution in [-0.4, -0.2) is 21.2 Å². The zero-order chi connectivity index (χ0) is 13.7. The van der Waals surface area contributed by atoms with Gasteiger partial charge in [-0.15, -0.1) is 0 Å². The van der Waals surface area contributed by atoms with Gasteiger partial charge in [0.1, 0.15) is 5.75 Å². The number of rotatable bonds is 4. The maximum Gasteiger partial charge on any atom is 0.244 e. The van der Waals surface area contributed by atoms with Gasteiger partial charge >= 0.3 is 0 Å². The zero-order valence-electron chi connectivity index (χ0n) is 10.5. The zero-order valence-corrected chi connectivity index (χ0v) is 10.5. The Morgan fingerprint density at radius 1 is 1.42 bits per heavy atom. The van der Waals surface area contributed by atoms with Crippen molar-refractivity contribution in [2.75, 3.05) is 0 Å². The van der Waals surface area contributed by atoms with Crippen LogP contribution in [0.3, 0.4) is 0 Å². The maximum absolute atomic E-state index is 11.7. The van der Waals surface area contributed by atoms with Crippen LogP contribution in [0.4, 0.5) is 0 Å². The van der Waals surface area contributed by atoms with E-state index in [0.717, 1.165) is 11.1 Å². The highest BCUT2D eigenvalue weighted by molar-refractivity contribution is 5.91. The smallest absolute Gasteiger partial charge is 0.244 e. The number of carbonyl (C=O) groups excluding carboxylic acids is 1. The number of hydrogen-bond acceptors (Lipinski definition) is 3. The highest BCUT2D eigenvalue weighted by Gasteiger charge is 2.07. The number of phenolic OH excluding ortho intramolecular Hbond substituents is 1. The minimum absolute atomic E-state index is 0.101. The van der Waals surface area contributed by atoms with E-state index in [2.05, 4.69) is 15.5 Å². The molecule has 19 heavy (non-hydrogen) atoms. The molecule has 0 aliphatic heterocycles. The van der Waals surface area contributed by atoms with E-state index in [0.29, 0.717) is 0 Å². The van der Waals surface area contributed by atoms with Gasteiger partial charge in [-0.1, -0.05) is 12.1 Å². The SMILES string of the molecule is CC(NC(=O)/C=C/c1ccc(O)cc1)c1cn[nH]c1. The Morgan fingerprint density at radius 2 is 2.16 bits per heavy atom. The summed E-state index contributed by atoms with van der Waals surface area (Å²) in [5.41, 5.74) is 1.77. The van der Waals surface area contributed by atoms with Crippen LogP contribution < -0.4 is 5.32 Å². The van der Waals surface area contributed by atoms with Gasteiger partial charge in [-0.2, -0.15) is 5.10 Å². The van der Waals surface area contributed by atoms with Gasteiger partial charge in [-0.25, -0.2) is 0 Å². The number of hydrogen-bond donors (Lipinski definition) is 3. The first-order valence-electron chi connectivity index (χ1n) is 5.91. The Morgan fingerprint density at radius 3 is 2.79 bits per heavy atom. The quantitative estimate of drug-likeness (QED) is 0.733. The van der Waals surface area contributed by atoms with Crippen molar-refractivity contribution in [2.24, 2.45) is 0 Å². The number of nitrogens with zero attached hydrogens (tertiary/aromatic N) is 1. The van der Waals surface area contributed by atoms with Gasteiger partial charge in [-0.05, 0) is 30.7 Å². The summed E-state index contributed by atoms with van der Waals surface area (Å²) >= 11 is 0. The standard InChI is InChI=1S/C14H15N3O2/c1-10(12-8-15-16-9-12)17-14(19)7-4-11-2-5-13(18)6-3-11/h2-10,18H,1H3,(H,15,16)(H,17,19)/b7-4+. The van der Waals surface area contributed by atoms with E-state index >= 15 is 0 Å². The minimum atomic E-state index is -0.179. The van der Waals surface area contributed by atoms with Gasteiger partial charge in [-0.3, -0.25) is 9.89 Å². The average molecular weight is 257 g/mol. The van der Waals surface area contributed by atoms with E-state index in [1.165, 1.54) is 6.08 Å². The van der Waals surface area contributed by atoms with Crippen molar-refractivity contribution < 1.29 is 9.90 Å². The van der Waals surface area contributed by atoms with Crippen LogP contribution in [0, 0.1) is 0 Å². The first kappa shape index (κ1) is 12.9. The van der Waals surface area contributed by atoms with Crippen molar-refractivity contribution in [1.29, 1.82) is 0 Å². The number of aromatic hydroxyl groups is 1. The Labute approximate surface area is 111 Å². The second kappa shape index (κ2) is 5.86. The monoisotopic (exact) mass is 257 g/mol. The predicted molar refractivity (Wildman–Crippen MR) is 72.3 cm³/mol. The summed E-state index contributed by atoms with van der Waals surface area (Å²) in [7, 11) is 0. The summed E-state index contributed by atoms with van der Waals surface area (Å²) in [5.74, 6) is 0.0250. The Hall–Kier alpha value is -2.56. The van der Waals surface area contributed by atoms with Crippen LogP contribution in [-0.2, 0) is 4.79 Å². The molecule has 5 nitrogen and oxygen atoms in total. The normalized spacial score (nSPS) is 12.5. The molecule has 1 heterocycles. The summed E-state index contributed by atoms with van der Waals surface area (Å²) < 4.78 is 0. The minimum Gasteiger partial charge on any atom is -0.508 e. The van der Waals surface area contributed by atoms with Crippen LogP contribution in [0.1, 0.15) is 24.1 Å². The highest BCUT2D eigenvalue weighted by Crippen LogP contribution is 2.11. The lowest BCUT2D eigenvalue weighted by molar-refractivity contribution is -0.117. The second-order valence-corrected chi connectivity index (χ2v) is 4.19. The summed E-state index contributed by atoms with van der Waals surface area (Å²) in [6.45, 7) is 1.89. The number of phenols is 1. The molecule has 0 aliphatic carbocycles. The fourth-order valence-corrected chi connectivity index (χ4v) is 1.60. The fourth-order valence-electron chi connectivity index (χ4n) is 1.60. The van der Waals surface area contributed by atoms with Gasteiger partial charge in [0.15, 0.2) is 0 Å². The van der Waals surface area contributed by atoms with E-state index < -0.39 is 0 Å². The van der Waals surface area contributed by atoms with Gasteiger partial charge in [0.25, 0.3) is 0 Å². The molecule has 0 saturated carbocycles. The second-order valence-electron chi connectivity index (χ2n) is 4.19. The molecule has 1 unspecified atom stereocenters. The van der Waals surface area contributed by atoms with Crippen molar-refractivity contribution in [3.05, 3.63) is 53.9 Å². The molecule has 0 spiro atoms. The lowest BCUT2D eigenvalue weighted by atomic mass is 10.2. The fraction of sp³-hybridized carbons (Fsp3) is 0.143. The van der Waals surface area contributed by atoms with Crippen LogP contribution in [0.2, 0.25) is 0 Å². The maximum atomic E-state index is 11.7. The van der Waals surface area contributed by atoms with Crippen molar-refractivity contribution in [3.63, 3.8) is 0 Å². The molecule has 0 bridgehead atoms. The first-order chi connectivity index (χ1) is 9.15. The molecule has 98 valence electrons. The van der Waals surface area contributed by atoms with Gasteiger partial charge in [0.2, 0.25) is 5.91 Å². The molecule has 3 N–H and O–H groups in total. The average Bonchev–Trinajstić information content (AvgIpc) is 2.92. The third-order valence-corrected chi connectivity index (χ3v) is 2.70. The lowest BCUT2D eigenvalue weighted by Gasteiger charge is -2.09. The number of H-pyrrole nitrogens is 1. The van der Waals surface area contributed by atoms with Crippen molar-refractivity contribution in [1.82, 2.24) is 15.5 Å². The number of amides is 1. The molecule has 0 radical (unpaired) electrons. The largest absolute Gasteiger partial charge is 0.508 e. The summed E-state index contributed by atoms with van der Waals surface area (Å²) in [4.78, 5) is 11.7.